The summed E-state index contributed by atoms with van der Waals surface area (Å²) in [6.07, 6.45) is -2.49. The molecule has 2 aliphatic heterocycles. The van der Waals surface area contributed by atoms with E-state index >= 15 is 4.39 Å². The van der Waals surface area contributed by atoms with Crippen molar-refractivity contribution in [2.24, 2.45) is 0 Å². The molecule has 3 heterocycles. The van der Waals surface area contributed by atoms with E-state index in [4.69, 9.17) is 22.2 Å². The van der Waals surface area contributed by atoms with Gasteiger partial charge < -0.3 is 19.8 Å². The Kier molecular flexibility index (Phi) is 7.42. The lowest BCUT2D eigenvalue weighted by Crippen LogP contribution is -2.55. The first-order chi connectivity index (χ1) is 18.9. The smallest absolute Gasteiger partial charge is 0.419 e. The summed E-state index contributed by atoms with van der Waals surface area (Å²) >= 11 is 6.58. The number of alkyl halides is 3. The monoisotopic (exact) mass is 597 g/mol. The zero-order valence-corrected chi connectivity index (χ0v) is 22.5. The van der Waals surface area contributed by atoms with E-state index < -0.39 is 39.8 Å². The van der Waals surface area contributed by atoms with Crippen molar-refractivity contribution in [1.29, 1.82) is 5.26 Å². The zero-order chi connectivity index (χ0) is 28.9. The number of pyridine rings is 1. The van der Waals surface area contributed by atoms with Crippen molar-refractivity contribution < 1.29 is 37.3 Å². The summed E-state index contributed by atoms with van der Waals surface area (Å²) in [5.74, 6) is -0.809. The molecule has 5 rings (SSSR count). The number of hydrogen-bond acceptors (Lipinski definition) is 9. The minimum atomic E-state index is -4.88. The van der Waals surface area contributed by atoms with Gasteiger partial charge in [0.15, 0.2) is 22.4 Å². The van der Waals surface area contributed by atoms with Crippen molar-refractivity contribution in [3.8, 4) is 11.8 Å². The number of hydrogen-bond donors (Lipinski definition) is 2. The number of halogens is 4. The molecule has 40 heavy (non-hydrogen) atoms. The van der Waals surface area contributed by atoms with Crippen LogP contribution in [0, 0.1) is 17.1 Å². The Morgan fingerprint density at radius 3 is 2.58 bits per heavy atom. The van der Waals surface area contributed by atoms with Crippen LogP contribution < -0.4 is 14.5 Å². The van der Waals surface area contributed by atoms with Gasteiger partial charge in [-0.2, -0.15) is 18.4 Å². The average molecular weight is 598 g/mol. The molecular weight excluding hydrogens is 574 g/mol. The van der Waals surface area contributed by atoms with Crippen molar-refractivity contribution in [3.05, 3.63) is 47.5 Å². The number of thioether (sulfide) groups is 1. The van der Waals surface area contributed by atoms with E-state index in [0.29, 0.717) is 44.2 Å². The molecule has 2 saturated heterocycles. The van der Waals surface area contributed by atoms with Crippen molar-refractivity contribution in [2.75, 3.05) is 41.8 Å². The SMILES string of the molecule is N#Cc1ncc(N2C(=O)C3(CCC3)N(c3ccc(OCCN4CCSC(O)(O)C4)c(F)c3)C2=S)cc1C(F)(F)F. The molecule has 1 aliphatic carbocycles. The number of amides is 1. The van der Waals surface area contributed by atoms with Crippen molar-refractivity contribution >= 4 is 46.4 Å². The van der Waals surface area contributed by atoms with Crippen LogP contribution in [0.3, 0.4) is 0 Å². The molecule has 1 spiro atoms. The van der Waals surface area contributed by atoms with E-state index in [-0.39, 0.29) is 35.4 Å². The van der Waals surface area contributed by atoms with Crippen LogP contribution in [0.2, 0.25) is 0 Å². The Labute approximate surface area is 235 Å². The Hall–Kier alpha value is -3.03. The van der Waals surface area contributed by atoms with Crippen LogP contribution in [-0.4, -0.2) is 73.8 Å². The number of nitriles is 1. The van der Waals surface area contributed by atoms with Gasteiger partial charge in [-0.05, 0) is 49.7 Å². The molecule has 9 nitrogen and oxygen atoms in total. The first kappa shape index (κ1) is 28.5. The van der Waals surface area contributed by atoms with Crippen LogP contribution in [0.1, 0.15) is 30.5 Å². The summed E-state index contributed by atoms with van der Waals surface area (Å²) in [4.78, 5) is 21.4. The third kappa shape index (κ3) is 5.10. The number of thiocarbonyl (C=S) groups is 1. The van der Waals surface area contributed by atoms with Gasteiger partial charge in [-0.1, -0.05) is 11.8 Å². The zero-order valence-electron chi connectivity index (χ0n) is 20.8. The number of benzene rings is 1. The van der Waals surface area contributed by atoms with Gasteiger partial charge in [0.05, 0.1) is 24.0 Å². The van der Waals surface area contributed by atoms with Gasteiger partial charge in [-0.15, -0.1) is 0 Å². The molecule has 15 heteroatoms. The highest BCUT2D eigenvalue weighted by atomic mass is 32.2. The van der Waals surface area contributed by atoms with Crippen LogP contribution >= 0.6 is 24.0 Å². The van der Waals surface area contributed by atoms with E-state index in [1.54, 1.807) is 4.90 Å². The lowest BCUT2D eigenvalue weighted by molar-refractivity contribution is -0.138. The fourth-order valence-electron chi connectivity index (χ4n) is 5.06. The van der Waals surface area contributed by atoms with E-state index in [9.17, 15) is 28.2 Å². The Morgan fingerprint density at radius 2 is 1.98 bits per heavy atom. The van der Waals surface area contributed by atoms with E-state index in [1.807, 2.05) is 0 Å². The highest BCUT2D eigenvalue weighted by molar-refractivity contribution is 8.00. The molecule has 1 aromatic heterocycles. The number of aliphatic hydroxyl groups is 2. The number of β-amino-alcohol motifs (C(OH)–C–C–N with tert-alkyl or cyclic N) is 2. The number of nitrogens with zero attached hydrogens (tertiary/aromatic N) is 5. The largest absolute Gasteiger partial charge is 0.489 e. The number of carbonyl (C=O) groups excluding carboxylic acids is 1. The minimum Gasteiger partial charge on any atom is -0.489 e. The number of rotatable bonds is 6. The number of aromatic nitrogens is 1. The van der Waals surface area contributed by atoms with E-state index in [2.05, 4.69) is 4.98 Å². The third-order valence-electron chi connectivity index (χ3n) is 7.14. The molecule has 2 aromatic rings. The van der Waals surface area contributed by atoms with E-state index in [1.165, 1.54) is 23.1 Å². The van der Waals surface area contributed by atoms with Crippen LogP contribution in [-0.2, 0) is 11.0 Å². The number of ether oxygens (including phenoxy) is 1. The van der Waals surface area contributed by atoms with Crippen molar-refractivity contribution in [1.82, 2.24) is 9.88 Å². The molecule has 3 fully saturated rings. The lowest BCUT2D eigenvalue weighted by Gasteiger charge is -2.43. The summed E-state index contributed by atoms with van der Waals surface area (Å²) in [6.45, 7) is 1.08. The summed E-state index contributed by atoms with van der Waals surface area (Å²) in [6, 6.07) is 6.13. The Morgan fingerprint density at radius 1 is 1.23 bits per heavy atom. The van der Waals surface area contributed by atoms with Crippen LogP contribution in [0.4, 0.5) is 28.9 Å². The highest BCUT2D eigenvalue weighted by Gasteiger charge is 2.60. The normalized spacial score (nSPS) is 20.5. The van der Waals surface area contributed by atoms with Crippen LogP contribution in [0.25, 0.3) is 0 Å². The molecule has 1 amide bonds. The lowest BCUT2D eigenvalue weighted by atomic mass is 9.75. The summed E-state index contributed by atoms with van der Waals surface area (Å²) in [5, 5.41) is 26.6. The van der Waals surface area contributed by atoms with Gasteiger partial charge in [-0.3, -0.25) is 14.6 Å². The molecule has 1 aromatic carbocycles. The van der Waals surface area contributed by atoms with E-state index in [0.717, 1.165) is 28.9 Å². The van der Waals surface area contributed by atoms with Crippen molar-refractivity contribution in [3.63, 3.8) is 0 Å². The maximum absolute atomic E-state index is 15.1. The van der Waals surface area contributed by atoms with Crippen LogP contribution in [0.5, 0.6) is 5.75 Å². The topological polar surface area (TPSA) is 113 Å². The molecule has 212 valence electrons. The fraction of sp³-hybridized carbons (Fsp3) is 0.440. The molecular formula is C25H23F4N5O4S2. The summed E-state index contributed by atoms with van der Waals surface area (Å²) < 4.78 is 61.4. The Bertz CT molecular complexity index is 1400. The summed E-state index contributed by atoms with van der Waals surface area (Å²) in [5.41, 5.74) is -3.29. The molecule has 0 bridgehead atoms. The maximum atomic E-state index is 15.1. The van der Waals surface area contributed by atoms with Gasteiger partial charge >= 0.3 is 6.18 Å². The second-order valence-corrected chi connectivity index (χ2v) is 11.4. The van der Waals surface area contributed by atoms with Gasteiger partial charge in [0, 0.05) is 30.6 Å². The van der Waals surface area contributed by atoms with Gasteiger partial charge in [0.2, 0.25) is 5.12 Å². The molecule has 1 saturated carbocycles. The van der Waals surface area contributed by atoms with Crippen molar-refractivity contribution in [2.45, 2.75) is 36.1 Å². The molecule has 0 atom stereocenters. The summed E-state index contributed by atoms with van der Waals surface area (Å²) in [7, 11) is 0. The second-order valence-electron chi connectivity index (χ2n) is 9.67. The number of anilines is 2. The minimum absolute atomic E-state index is 0.0285. The third-order valence-corrected chi connectivity index (χ3v) is 8.49. The Balaban J connectivity index is 1.37. The molecule has 0 unspecified atom stereocenters. The maximum Gasteiger partial charge on any atom is 0.419 e. The number of carbonyl (C=O) groups is 1. The predicted molar refractivity (Wildman–Crippen MR) is 141 cm³/mol. The molecule has 0 radical (unpaired) electrons. The van der Waals surface area contributed by atoms with Gasteiger partial charge in [0.1, 0.15) is 18.2 Å². The van der Waals surface area contributed by atoms with Gasteiger partial charge in [0.25, 0.3) is 5.91 Å². The molecule has 2 N–H and O–H groups in total. The first-order valence-corrected chi connectivity index (χ1v) is 13.7. The highest BCUT2D eigenvalue weighted by Crippen LogP contribution is 2.48. The van der Waals surface area contributed by atoms with Crippen LogP contribution in [0.15, 0.2) is 30.5 Å². The standard InChI is InChI=1S/C25H23F4N5O4S2/c26-18-11-15(2-3-20(18)38-8-6-32-7-9-40-24(36,37)14-32)34-22(39)33(21(35)23(34)4-1-5-23)16-10-17(25(27,28)29)19(12-30)31-13-16/h2-3,10-11,13,36-37H,1,4-9,14H2. The quantitative estimate of drug-likeness (QED) is 0.292. The average Bonchev–Trinajstić information content (AvgIpc) is 3.10. The predicted octanol–water partition coefficient (Wildman–Crippen LogP) is 3.24. The first-order valence-electron chi connectivity index (χ1n) is 12.3. The van der Waals surface area contributed by atoms with Gasteiger partial charge in [-0.25, -0.2) is 9.37 Å². The molecule has 3 aliphatic rings. The second kappa shape index (κ2) is 10.4. The fourth-order valence-corrected chi connectivity index (χ4v) is 6.48.